The maximum absolute atomic E-state index is 8.88. The average molecular weight is 297 g/mol. The SMILES string of the molecule is NCc1c(-c2ccccc2)nc2c(OCCCO)cccn12. The second-order valence-electron chi connectivity index (χ2n) is 4.97. The third-order valence-corrected chi connectivity index (χ3v) is 3.51. The molecule has 0 aliphatic rings. The fraction of sp³-hybridized carbons (Fsp3) is 0.235. The van der Waals surface area contributed by atoms with Crippen molar-refractivity contribution in [3.05, 3.63) is 54.4 Å². The van der Waals surface area contributed by atoms with Crippen LogP contribution in [-0.2, 0) is 6.54 Å². The third kappa shape index (κ3) is 2.68. The summed E-state index contributed by atoms with van der Waals surface area (Å²) in [7, 11) is 0. The first-order valence-electron chi connectivity index (χ1n) is 7.34. The second kappa shape index (κ2) is 6.60. The number of fused-ring (bicyclic) bond motifs is 1. The molecule has 2 aromatic heterocycles. The van der Waals surface area contributed by atoms with Gasteiger partial charge in [0.2, 0.25) is 0 Å². The van der Waals surface area contributed by atoms with Gasteiger partial charge < -0.3 is 15.6 Å². The summed E-state index contributed by atoms with van der Waals surface area (Å²) in [5.41, 5.74) is 9.55. The molecular formula is C17H19N3O2. The average Bonchev–Trinajstić information content (AvgIpc) is 2.95. The molecule has 0 amide bonds. The largest absolute Gasteiger partial charge is 0.490 e. The topological polar surface area (TPSA) is 72.8 Å². The molecule has 2 heterocycles. The molecule has 22 heavy (non-hydrogen) atoms. The number of aliphatic hydroxyl groups excluding tert-OH is 1. The van der Waals surface area contributed by atoms with Gasteiger partial charge >= 0.3 is 0 Å². The molecule has 0 fully saturated rings. The van der Waals surface area contributed by atoms with E-state index in [0.29, 0.717) is 25.3 Å². The van der Waals surface area contributed by atoms with Gasteiger partial charge in [-0.15, -0.1) is 0 Å². The molecule has 5 nitrogen and oxygen atoms in total. The fourth-order valence-electron chi connectivity index (χ4n) is 2.47. The van der Waals surface area contributed by atoms with Crippen LogP contribution in [-0.4, -0.2) is 27.7 Å². The van der Waals surface area contributed by atoms with Crippen LogP contribution < -0.4 is 10.5 Å². The fourth-order valence-corrected chi connectivity index (χ4v) is 2.47. The third-order valence-electron chi connectivity index (χ3n) is 3.51. The summed E-state index contributed by atoms with van der Waals surface area (Å²) in [5, 5.41) is 8.88. The number of ether oxygens (including phenoxy) is 1. The van der Waals surface area contributed by atoms with Gasteiger partial charge in [0.1, 0.15) is 0 Å². The van der Waals surface area contributed by atoms with Gasteiger partial charge in [0.25, 0.3) is 0 Å². The maximum atomic E-state index is 8.88. The van der Waals surface area contributed by atoms with Gasteiger partial charge in [0.15, 0.2) is 11.4 Å². The zero-order valence-electron chi connectivity index (χ0n) is 12.3. The summed E-state index contributed by atoms with van der Waals surface area (Å²) in [4.78, 5) is 4.73. The Bertz CT molecular complexity index is 753. The molecule has 0 radical (unpaired) electrons. The normalized spacial score (nSPS) is 11.0. The summed E-state index contributed by atoms with van der Waals surface area (Å²) in [5.74, 6) is 0.702. The van der Waals surface area contributed by atoms with E-state index >= 15 is 0 Å². The Kier molecular flexibility index (Phi) is 4.37. The first kappa shape index (κ1) is 14.6. The highest BCUT2D eigenvalue weighted by Gasteiger charge is 2.15. The molecule has 0 atom stereocenters. The summed E-state index contributed by atoms with van der Waals surface area (Å²) in [6.07, 6.45) is 2.53. The molecule has 0 unspecified atom stereocenters. The number of rotatable bonds is 6. The van der Waals surface area contributed by atoms with E-state index in [1.165, 1.54) is 0 Å². The van der Waals surface area contributed by atoms with Gasteiger partial charge in [-0.2, -0.15) is 0 Å². The van der Waals surface area contributed by atoms with Crippen molar-refractivity contribution in [1.29, 1.82) is 0 Å². The maximum Gasteiger partial charge on any atom is 0.180 e. The number of nitrogens with two attached hydrogens (primary N) is 1. The Labute approximate surface area is 129 Å². The molecule has 1 aromatic carbocycles. The highest BCUT2D eigenvalue weighted by atomic mass is 16.5. The quantitative estimate of drug-likeness (QED) is 0.684. The van der Waals surface area contributed by atoms with Crippen molar-refractivity contribution in [3.8, 4) is 17.0 Å². The Morgan fingerprint density at radius 3 is 2.68 bits per heavy atom. The van der Waals surface area contributed by atoms with Gasteiger partial charge in [-0.1, -0.05) is 30.3 Å². The lowest BCUT2D eigenvalue weighted by atomic mass is 10.1. The van der Waals surface area contributed by atoms with Crippen LogP contribution in [0.5, 0.6) is 5.75 Å². The van der Waals surface area contributed by atoms with E-state index in [1.807, 2.05) is 53.1 Å². The van der Waals surface area contributed by atoms with Gasteiger partial charge in [0, 0.05) is 31.3 Å². The van der Waals surface area contributed by atoms with Crippen LogP contribution >= 0.6 is 0 Å². The molecule has 114 valence electrons. The predicted octanol–water partition coefficient (Wildman–Crippen LogP) is 2.22. The summed E-state index contributed by atoms with van der Waals surface area (Å²) < 4.78 is 7.69. The molecule has 0 saturated heterocycles. The van der Waals surface area contributed by atoms with Crippen molar-refractivity contribution in [2.24, 2.45) is 5.73 Å². The molecule has 5 heteroatoms. The molecule has 3 aromatic rings. The smallest absolute Gasteiger partial charge is 0.180 e. The minimum Gasteiger partial charge on any atom is -0.490 e. The van der Waals surface area contributed by atoms with E-state index in [9.17, 15) is 0 Å². The van der Waals surface area contributed by atoms with Crippen LogP contribution in [0, 0.1) is 0 Å². The Hall–Kier alpha value is -2.37. The van der Waals surface area contributed by atoms with Crippen molar-refractivity contribution in [2.45, 2.75) is 13.0 Å². The van der Waals surface area contributed by atoms with Crippen molar-refractivity contribution < 1.29 is 9.84 Å². The lowest BCUT2D eigenvalue weighted by Crippen LogP contribution is -2.04. The van der Waals surface area contributed by atoms with Gasteiger partial charge in [-0.3, -0.25) is 4.40 Å². The highest BCUT2D eigenvalue weighted by Crippen LogP contribution is 2.28. The van der Waals surface area contributed by atoms with Gasteiger partial charge in [-0.05, 0) is 12.1 Å². The number of aliphatic hydroxyl groups is 1. The number of hydrogen-bond donors (Lipinski definition) is 2. The molecule has 3 N–H and O–H groups in total. The zero-order chi connectivity index (χ0) is 15.4. The first-order chi connectivity index (χ1) is 10.8. The monoisotopic (exact) mass is 297 g/mol. The lowest BCUT2D eigenvalue weighted by molar-refractivity contribution is 0.234. The van der Waals surface area contributed by atoms with Crippen molar-refractivity contribution in [3.63, 3.8) is 0 Å². The van der Waals surface area contributed by atoms with E-state index in [-0.39, 0.29) is 6.61 Å². The molecule has 0 spiro atoms. The predicted molar refractivity (Wildman–Crippen MR) is 85.7 cm³/mol. The number of hydrogen-bond acceptors (Lipinski definition) is 4. The van der Waals surface area contributed by atoms with E-state index in [4.69, 9.17) is 20.6 Å². The first-order valence-corrected chi connectivity index (χ1v) is 7.34. The van der Waals surface area contributed by atoms with Gasteiger partial charge in [0.05, 0.1) is 18.0 Å². The zero-order valence-corrected chi connectivity index (χ0v) is 12.3. The molecular weight excluding hydrogens is 278 g/mol. The van der Waals surface area contributed by atoms with Crippen LogP contribution in [0.25, 0.3) is 16.9 Å². The standard InChI is InChI=1S/C17H19N3O2/c18-12-14-16(13-6-2-1-3-7-13)19-17-15(22-11-5-10-21)8-4-9-20(14)17/h1-4,6-9,21H,5,10-12,18H2. The van der Waals surface area contributed by atoms with E-state index in [0.717, 1.165) is 22.6 Å². The lowest BCUT2D eigenvalue weighted by Gasteiger charge is -2.06. The molecule has 0 aliphatic heterocycles. The number of imidazole rings is 1. The summed E-state index contributed by atoms with van der Waals surface area (Å²) in [6, 6.07) is 13.8. The Balaban J connectivity index is 2.09. The van der Waals surface area contributed by atoms with Crippen LogP contribution in [0.4, 0.5) is 0 Å². The van der Waals surface area contributed by atoms with Crippen LogP contribution in [0.15, 0.2) is 48.7 Å². The molecule has 0 aliphatic carbocycles. The minimum atomic E-state index is 0.112. The van der Waals surface area contributed by atoms with E-state index < -0.39 is 0 Å². The Morgan fingerprint density at radius 2 is 1.95 bits per heavy atom. The molecule has 3 rings (SSSR count). The second-order valence-corrected chi connectivity index (χ2v) is 4.97. The van der Waals surface area contributed by atoms with E-state index in [1.54, 1.807) is 0 Å². The molecule has 0 bridgehead atoms. The van der Waals surface area contributed by atoms with Crippen molar-refractivity contribution >= 4 is 5.65 Å². The van der Waals surface area contributed by atoms with Crippen LogP contribution in [0.3, 0.4) is 0 Å². The minimum absolute atomic E-state index is 0.112. The highest BCUT2D eigenvalue weighted by molar-refractivity contribution is 5.69. The van der Waals surface area contributed by atoms with Crippen molar-refractivity contribution in [1.82, 2.24) is 9.38 Å². The number of pyridine rings is 1. The number of nitrogens with zero attached hydrogens (tertiary/aromatic N) is 2. The molecule has 0 saturated carbocycles. The number of aromatic nitrogens is 2. The van der Waals surface area contributed by atoms with Crippen LogP contribution in [0.1, 0.15) is 12.1 Å². The summed E-state index contributed by atoms with van der Waals surface area (Å²) in [6.45, 7) is 0.966. The van der Waals surface area contributed by atoms with Crippen molar-refractivity contribution in [2.75, 3.05) is 13.2 Å². The Morgan fingerprint density at radius 1 is 1.14 bits per heavy atom. The van der Waals surface area contributed by atoms with Crippen LogP contribution in [0.2, 0.25) is 0 Å². The van der Waals surface area contributed by atoms with Gasteiger partial charge in [-0.25, -0.2) is 4.98 Å². The van der Waals surface area contributed by atoms with E-state index in [2.05, 4.69) is 0 Å². The summed E-state index contributed by atoms with van der Waals surface area (Å²) >= 11 is 0. The number of benzene rings is 1.